The average molecular weight is 883 g/mol. The van der Waals surface area contributed by atoms with Gasteiger partial charge in [-0.1, -0.05) is 101 Å². The van der Waals surface area contributed by atoms with E-state index >= 15 is 0 Å². The first kappa shape index (κ1) is 45.3. The fourth-order valence-electron chi connectivity index (χ4n) is 7.04. The van der Waals surface area contributed by atoms with Crippen molar-refractivity contribution in [3.05, 3.63) is 159 Å². The maximum absolute atomic E-state index is 12.5. The van der Waals surface area contributed by atoms with Gasteiger partial charge in [0, 0.05) is 10.8 Å². The van der Waals surface area contributed by atoms with E-state index in [4.69, 9.17) is 0 Å². The van der Waals surface area contributed by atoms with E-state index in [1.807, 2.05) is 0 Å². The standard InChI is InChI=1S/C23H21.C15H8F6.C9H13.2ClH.Zr/c1-22(2)7-5-14-10-18-16(12-20(14)22)9-17-13-21-15(11-19(17)18)6-8-23(21,3)4;16-14(17,18)12-5-1-10(2-6-12)9-11-3-7-13(8-4-11)15(19,20)21;1-9(2,3)8-6-4-5-7-8;;;/h5-13H,1-4H3;1-8H;6-7H,4H2,1-3H3;2*1H;/q-1;;-1;;;+2/p-2. The minimum Gasteiger partial charge on any atom is -1.00 e. The second kappa shape index (κ2) is 16.5. The van der Waals surface area contributed by atoms with E-state index < -0.39 is 23.5 Å². The molecule has 0 radical (unpaired) electrons. The van der Waals surface area contributed by atoms with E-state index in [1.54, 1.807) is 0 Å². The van der Waals surface area contributed by atoms with Crippen molar-refractivity contribution in [2.75, 3.05) is 0 Å². The molecule has 3 aliphatic carbocycles. The number of benzene rings is 4. The van der Waals surface area contributed by atoms with Crippen LogP contribution in [0.15, 0.2) is 109 Å². The van der Waals surface area contributed by atoms with Gasteiger partial charge in [0.05, 0.1) is 0 Å². The third-order valence-corrected chi connectivity index (χ3v) is 11.8. The first-order valence-electron chi connectivity index (χ1n) is 17.9. The normalized spacial score (nSPS) is 15.9. The van der Waals surface area contributed by atoms with Gasteiger partial charge in [-0.25, -0.2) is 6.08 Å². The molecule has 3 aliphatic rings. The quantitative estimate of drug-likeness (QED) is 0.125. The van der Waals surface area contributed by atoms with E-state index in [0.29, 0.717) is 19.7 Å². The van der Waals surface area contributed by atoms with Crippen molar-refractivity contribution in [2.24, 2.45) is 5.41 Å². The Morgan fingerprint density at radius 2 is 1.04 bits per heavy atom. The first-order valence-corrected chi connectivity index (χ1v) is 19.1. The zero-order valence-electron chi connectivity index (χ0n) is 32.2. The fraction of sp³-hybridized carbons (Fsp3) is 0.277. The SMILES string of the molecule is CC(C)(C)C1=CC[C-]=C1.CC1(C)C=Cc2cc3c(cc21)[cH-]c1cc2c(cc13)C=CC2(C)C.FC(F)(F)c1ccc([C](=[Zr+2])c2ccc(C(F)(F)F)cc2)cc1.[Cl-].[Cl-]. The van der Waals surface area contributed by atoms with Gasteiger partial charge in [0.1, 0.15) is 0 Å². The summed E-state index contributed by atoms with van der Waals surface area (Å²) >= 11 is 0.898. The molecule has 9 heteroatoms. The third kappa shape index (κ3) is 9.66. The molecule has 56 heavy (non-hydrogen) atoms. The summed E-state index contributed by atoms with van der Waals surface area (Å²) in [5.74, 6) is 0. The van der Waals surface area contributed by atoms with Crippen LogP contribution in [0.3, 0.4) is 0 Å². The zero-order chi connectivity index (χ0) is 39.4. The molecule has 0 N–H and O–H groups in total. The van der Waals surface area contributed by atoms with Crippen molar-refractivity contribution in [3.63, 3.8) is 0 Å². The Morgan fingerprint density at radius 1 is 0.643 bits per heavy atom. The summed E-state index contributed by atoms with van der Waals surface area (Å²) < 4.78 is 75.6. The Hall–Kier alpha value is -3.38. The molecule has 0 atom stereocenters. The summed E-state index contributed by atoms with van der Waals surface area (Å²) in [4.78, 5) is 0. The first-order chi connectivity index (χ1) is 25.0. The predicted octanol–water partition coefficient (Wildman–Crippen LogP) is 7.89. The second-order valence-corrected chi connectivity index (χ2v) is 17.5. The Balaban J connectivity index is 0.000000199. The van der Waals surface area contributed by atoms with Crippen LogP contribution in [-0.2, 0) is 47.4 Å². The number of halogens is 8. The molecule has 5 aromatic carbocycles. The number of rotatable bonds is 2. The Bertz CT molecular complexity index is 2210. The smallest absolute Gasteiger partial charge is 1.00 e. The molecule has 0 unspecified atom stereocenters. The number of hydrogen-bond donors (Lipinski definition) is 0. The van der Waals surface area contributed by atoms with Crippen LogP contribution in [-0.4, -0.2) is 3.21 Å². The molecule has 0 bridgehead atoms. The van der Waals surface area contributed by atoms with Gasteiger partial charge in [0.25, 0.3) is 0 Å². The monoisotopic (exact) mass is 880 g/mol. The van der Waals surface area contributed by atoms with E-state index in [1.165, 1.54) is 73.6 Å². The second-order valence-electron chi connectivity index (χ2n) is 16.3. The van der Waals surface area contributed by atoms with Crippen LogP contribution < -0.4 is 24.8 Å². The molecule has 0 heterocycles. The summed E-state index contributed by atoms with van der Waals surface area (Å²) in [6.07, 6.45) is 8.89. The van der Waals surface area contributed by atoms with Gasteiger partial charge in [0.15, 0.2) is 0 Å². The van der Waals surface area contributed by atoms with Crippen LogP contribution in [0.4, 0.5) is 26.3 Å². The molecule has 0 nitrogen and oxygen atoms in total. The van der Waals surface area contributed by atoms with Crippen LogP contribution in [0.25, 0.3) is 33.7 Å². The van der Waals surface area contributed by atoms with Gasteiger partial charge in [-0.15, -0.1) is 46.2 Å². The van der Waals surface area contributed by atoms with Gasteiger partial charge in [-0.05, 0) is 11.1 Å². The largest absolute Gasteiger partial charge is 1.00 e. The molecule has 5 aromatic rings. The predicted molar refractivity (Wildman–Crippen MR) is 207 cm³/mol. The van der Waals surface area contributed by atoms with Crippen LogP contribution in [0, 0.1) is 11.5 Å². The summed E-state index contributed by atoms with van der Waals surface area (Å²) in [6.45, 7) is 15.9. The van der Waals surface area contributed by atoms with Crippen molar-refractivity contribution in [2.45, 2.75) is 78.1 Å². The molecule has 0 fully saturated rings. The zero-order valence-corrected chi connectivity index (χ0v) is 36.2. The van der Waals surface area contributed by atoms with Crippen molar-refractivity contribution in [1.29, 1.82) is 0 Å². The molecule has 8 rings (SSSR count). The topological polar surface area (TPSA) is 0 Å². The summed E-state index contributed by atoms with van der Waals surface area (Å²) in [5.41, 5.74) is 7.32. The maximum atomic E-state index is 12.5. The number of allylic oxidation sites excluding steroid dienone is 6. The van der Waals surface area contributed by atoms with Crippen molar-refractivity contribution < 1.29 is 75.4 Å². The Morgan fingerprint density at radius 3 is 1.34 bits per heavy atom. The fourth-order valence-corrected chi connectivity index (χ4v) is 7.86. The molecular formula is C47H42Cl2F6Zr-2. The molecule has 0 spiro atoms. The van der Waals surface area contributed by atoms with Crippen molar-refractivity contribution in [1.82, 2.24) is 0 Å². The summed E-state index contributed by atoms with van der Waals surface area (Å²) in [6, 6.07) is 21.1. The molecular weight excluding hydrogens is 841 g/mol. The maximum Gasteiger partial charge on any atom is -1.00 e. The number of alkyl halides is 6. The van der Waals surface area contributed by atoms with E-state index in [9.17, 15) is 26.3 Å². The van der Waals surface area contributed by atoms with Crippen molar-refractivity contribution in [3.8, 4) is 0 Å². The molecule has 0 aromatic heterocycles. The summed E-state index contributed by atoms with van der Waals surface area (Å²) in [7, 11) is 0. The Labute approximate surface area is 353 Å². The van der Waals surface area contributed by atoms with Crippen molar-refractivity contribution >= 4 is 36.9 Å². The van der Waals surface area contributed by atoms with Gasteiger partial charge in [-0.2, -0.15) is 11.6 Å². The number of hydrogen-bond acceptors (Lipinski definition) is 0. The summed E-state index contributed by atoms with van der Waals surface area (Å²) in [5, 5.41) is 5.53. The van der Waals surface area contributed by atoms with E-state index in [-0.39, 0.29) is 35.6 Å². The van der Waals surface area contributed by atoms with Crippen LogP contribution in [0.2, 0.25) is 0 Å². The van der Waals surface area contributed by atoms with Crippen LogP contribution in [0.1, 0.15) is 99.4 Å². The van der Waals surface area contributed by atoms with Gasteiger partial charge < -0.3 is 24.8 Å². The van der Waals surface area contributed by atoms with Crippen LogP contribution in [0.5, 0.6) is 0 Å². The number of fused-ring (bicyclic) bond motifs is 5. The average Bonchev–Trinajstić information content (AvgIpc) is 3.88. The molecule has 0 amide bonds. The van der Waals surface area contributed by atoms with Gasteiger partial charge >= 0.3 is 137 Å². The Kier molecular flexibility index (Phi) is 13.3. The van der Waals surface area contributed by atoms with Gasteiger partial charge in [-0.3, -0.25) is 6.08 Å². The third-order valence-electron chi connectivity index (χ3n) is 10.4. The molecule has 292 valence electrons. The van der Waals surface area contributed by atoms with Crippen LogP contribution >= 0.6 is 0 Å². The minimum absolute atomic E-state index is 0. The molecule has 0 saturated carbocycles. The van der Waals surface area contributed by atoms with E-state index in [0.717, 1.165) is 54.9 Å². The molecule has 0 aliphatic heterocycles. The molecule has 0 saturated heterocycles. The van der Waals surface area contributed by atoms with Gasteiger partial charge in [0.2, 0.25) is 0 Å². The minimum atomic E-state index is -4.41. The van der Waals surface area contributed by atoms with E-state index in [2.05, 4.69) is 121 Å².